The fourth-order valence-electron chi connectivity index (χ4n) is 0.693. The Kier molecular flexibility index (Phi) is 5.49. The smallest absolute Gasteiger partial charge is 0.0682 e. The van der Waals surface area contributed by atoms with E-state index in [1.165, 1.54) is 19.3 Å². The number of halogens is 1. The molecule has 1 aliphatic rings. The zero-order valence-corrected chi connectivity index (χ0v) is 5.67. The molecule has 8 heavy (non-hydrogen) atoms. The van der Waals surface area contributed by atoms with Gasteiger partial charge in [0.25, 0.3) is 0 Å². The molecule has 1 fully saturated rings. The molecule has 0 aliphatic carbocycles. The van der Waals surface area contributed by atoms with E-state index >= 15 is 0 Å². The Labute approximate surface area is 56.0 Å². The van der Waals surface area contributed by atoms with E-state index in [0.717, 1.165) is 13.2 Å². The van der Waals surface area contributed by atoms with Crippen LogP contribution in [0.2, 0.25) is 0 Å². The summed E-state index contributed by atoms with van der Waals surface area (Å²) >= 11 is 0. The fraction of sp³-hybridized carbons (Fsp3) is 1.00. The number of hydrogen-bond donors (Lipinski definition) is 1. The number of hydroxylamine groups is 1. The van der Waals surface area contributed by atoms with E-state index in [9.17, 15) is 0 Å². The molecule has 0 radical (unpaired) electrons. The molecule has 3 heteroatoms. The summed E-state index contributed by atoms with van der Waals surface area (Å²) in [5.41, 5.74) is 2.85. The van der Waals surface area contributed by atoms with Crippen molar-refractivity contribution < 1.29 is 4.84 Å². The van der Waals surface area contributed by atoms with Gasteiger partial charge < -0.3 is 4.84 Å². The maximum Gasteiger partial charge on any atom is 0.0682 e. The van der Waals surface area contributed by atoms with Crippen LogP contribution >= 0.6 is 12.4 Å². The van der Waals surface area contributed by atoms with E-state index in [0.29, 0.717) is 0 Å². The first kappa shape index (κ1) is 8.21. The van der Waals surface area contributed by atoms with Crippen LogP contribution in [0.25, 0.3) is 0 Å². The Hall–Kier alpha value is 0.210. The maximum atomic E-state index is 4.94. The summed E-state index contributed by atoms with van der Waals surface area (Å²) in [6.45, 7) is 1.92. The highest BCUT2D eigenvalue weighted by Gasteiger charge is 1.94. The monoisotopic (exact) mass is 137 g/mol. The maximum absolute atomic E-state index is 4.94. The highest BCUT2D eigenvalue weighted by Crippen LogP contribution is 1.96. The van der Waals surface area contributed by atoms with E-state index in [2.05, 4.69) is 5.48 Å². The van der Waals surface area contributed by atoms with Gasteiger partial charge in [-0.2, -0.15) is 0 Å². The van der Waals surface area contributed by atoms with Gasteiger partial charge in [-0.05, 0) is 19.3 Å². The summed E-state index contributed by atoms with van der Waals surface area (Å²) in [7, 11) is 0. The molecule has 1 rings (SSSR count). The Bertz CT molecular complexity index is 32.0. The van der Waals surface area contributed by atoms with Crippen molar-refractivity contribution in [1.29, 1.82) is 0 Å². The third-order valence-electron chi connectivity index (χ3n) is 1.13. The molecule has 1 heterocycles. The molecule has 1 aliphatic heterocycles. The van der Waals surface area contributed by atoms with Gasteiger partial charge in [0.05, 0.1) is 6.61 Å². The normalized spacial score (nSPS) is 21.0. The van der Waals surface area contributed by atoms with Crippen molar-refractivity contribution in [2.45, 2.75) is 19.3 Å². The highest BCUT2D eigenvalue weighted by molar-refractivity contribution is 5.85. The first-order valence-electron chi connectivity index (χ1n) is 2.85. The molecule has 0 aromatic rings. The zero-order valence-electron chi connectivity index (χ0n) is 4.85. The minimum Gasteiger partial charge on any atom is -0.302 e. The first-order chi connectivity index (χ1) is 3.50. The lowest BCUT2D eigenvalue weighted by Crippen LogP contribution is -2.12. The summed E-state index contributed by atoms with van der Waals surface area (Å²) in [6, 6.07) is 0. The molecule has 0 atom stereocenters. The van der Waals surface area contributed by atoms with Gasteiger partial charge >= 0.3 is 0 Å². The van der Waals surface area contributed by atoms with Gasteiger partial charge in [-0.15, -0.1) is 12.4 Å². The fourth-order valence-corrected chi connectivity index (χ4v) is 0.693. The lowest BCUT2D eigenvalue weighted by Gasteiger charge is -1.94. The molecule has 0 amide bonds. The summed E-state index contributed by atoms with van der Waals surface area (Å²) in [5, 5.41) is 0. The summed E-state index contributed by atoms with van der Waals surface area (Å²) < 4.78 is 0. The van der Waals surface area contributed by atoms with Gasteiger partial charge in [0.2, 0.25) is 0 Å². The largest absolute Gasteiger partial charge is 0.302 e. The molecule has 0 spiro atoms. The van der Waals surface area contributed by atoms with Gasteiger partial charge in [-0.3, -0.25) is 0 Å². The molecule has 0 aromatic heterocycles. The van der Waals surface area contributed by atoms with Crippen molar-refractivity contribution in [1.82, 2.24) is 5.48 Å². The topological polar surface area (TPSA) is 21.3 Å². The third-order valence-corrected chi connectivity index (χ3v) is 1.13. The molecule has 0 saturated carbocycles. The lowest BCUT2D eigenvalue weighted by atomic mass is 10.2. The van der Waals surface area contributed by atoms with E-state index < -0.39 is 0 Å². The van der Waals surface area contributed by atoms with E-state index in [-0.39, 0.29) is 12.4 Å². The van der Waals surface area contributed by atoms with Gasteiger partial charge in [0.1, 0.15) is 0 Å². The second-order valence-electron chi connectivity index (χ2n) is 1.80. The Morgan fingerprint density at radius 1 is 1.12 bits per heavy atom. The molecular weight excluding hydrogens is 126 g/mol. The van der Waals surface area contributed by atoms with Crippen LogP contribution in [-0.2, 0) is 4.84 Å². The van der Waals surface area contributed by atoms with E-state index in [1.807, 2.05) is 0 Å². The van der Waals surface area contributed by atoms with Crippen LogP contribution in [0.1, 0.15) is 19.3 Å². The van der Waals surface area contributed by atoms with Crippen LogP contribution in [0.3, 0.4) is 0 Å². The molecule has 2 nitrogen and oxygen atoms in total. The van der Waals surface area contributed by atoms with Crippen LogP contribution in [0.15, 0.2) is 0 Å². The van der Waals surface area contributed by atoms with Crippen LogP contribution < -0.4 is 5.48 Å². The standard InChI is InChI=1S/C5H11NO.ClH/c1-2-4-6-7-5-3-1;/h6H,1-5H2;1H. The average Bonchev–Trinajstić information content (AvgIpc) is 1.90. The van der Waals surface area contributed by atoms with Crippen molar-refractivity contribution >= 4 is 12.4 Å². The Morgan fingerprint density at radius 3 is 2.88 bits per heavy atom. The van der Waals surface area contributed by atoms with Crippen molar-refractivity contribution in [3.8, 4) is 0 Å². The summed E-state index contributed by atoms with van der Waals surface area (Å²) in [6.07, 6.45) is 3.79. The van der Waals surface area contributed by atoms with Gasteiger partial charge in [-0.1, -0.05) is 0 Å². The molecular formula is C5H12ClNO. The number of hydrogen-bond acceptors (Lipinski definition) is 2. The lowest BCUT2D eigenvalue weighted by molar-refractivity contribution is 0.0525. The molecule has 1 saturated heterocycles. The van der Waals surface area contributed by atoms with Crippen molar-refractivity contribution in [3.63, 3.8) is 0 Å². The predicted octanol–water partition coefficient (Wildman–Crippen LogP) is 1.11. The van der Waals surface area contributed by atoms with Crippen molar-refractivity contribution in [2.24, 2.45) is 0 Å². The molecule has 0 unspecified atom stereocenters. The van der Waals surface area contributed by atoms with Gasteiger partial charge in [0.15, 0.2) is 0 Å². The Balaban J connectivity index is 0.000000490. The van der Waals surface area contributed by atoms with Crippen molar-refractivity contribution in [3.05, 3.63) is 0 Å². The van der Waals surface area contributed by atoms with Crippen LogP contribution in [-0.4, -0.2) is 13.2 Å². The minimum absolute atomic E-state index is 0. The molecule has 1 N–H and O–H groups in total. The predicted molar refractivity (Wildman–Crippen MR) is 35.1 cm³/mol. The Morgan fingerprint density at radius 2 is 2.00 bits per heavy atom. The third kappa shape index (κ3) is 3.24. The quantitative estimate of drug-likeness (QED) is 0.540. The zero-order chi connectivity index (χ0) is 4.95. The second-order valence-corrected chi connectivity index (χ2v) is 1.80. The van der Waals surface area contributed by atoms with Gasteiger partial charge in [0, 0.05) is 6.54 Å². The van der Waals surface area contributed by atoms with E-state index in [4.69, 9.17) is 4.84 Å². The number of rotatable bonds is 0. The SMILES string of the molecule is C1CCNOCC1.Cl. The molecule has 0 aromatic carbocycles. The average molecular weight is 138 g/mol. The second kappa shape index (κ2) is 5.35. The molecule has 50 valence electrons. The van der Waals surface area contributed by atoms with Crippen molar-refractivity contribution in [2.75, 3.05) is 13.2 Å². The minimum atomic E-state index is 0. The van der Waals surface area contributed by atoms with Gasteiger partial charge in [-0.25, -0.2) is 5.48 Å². The van der Waals surface area contributed by atoms with Crippen LogP contribution in [0.4, 0.5) is 0 Å². The molecule has 0 bridgehead atoms. The first-order valence-corrected chi connectivity index (χ1v) is 2.85. The van der Waals surface area contributed by atoms with Crippen LogP contribution in [0, 0.1) is 0 Å². The number of nitrogens with one attached hydrogen (secondary N) is 1. The van der Waals surface area contributed by atoms with E-state index in [1.54, 1.807) is 0 Å². The summed E-state index contributed by atoms with van der Waals surface area (Å²) in [4.78, 5) is 4.94. The highest BCUT2D eigenvalue weighted by atomic mass is 35.5. The summed E-state index contributed by atoms with van der Waals surface area (Å²) in [5.74, 6) is 0. The van der Waals surface area contributed by atoms with Crippen LogP contribution in [0.5, 0.6) is 0 Å².